The number of hydrogen-bond acceptors (Lipinski definition) is 6. The Kier molecular flexibility index (Phi) is 4.57. The summed E-state index contributed by atoms with van der Waals surface area (Å²) >= 11 is 0. The topological polar surface area (TPSA) is 99.2 Å². The van der Waals surface area contributed by atoms with Crippen LogP contribution in [0.4, 0.5) is 5.69 Å². The van der Waals surface area contributed by atoms with Crippen molar-refractivity contribution in [1.82, 2.24) is 14.9 Å². The van der Waals surface area contributed by atoms with E-state index in [1.807, 2.05) is 31.2 Å². The second-order valence-electron chi connectivity index (χ2n) is 5.82. The first-order chi connectivity index (χ1) is 12.4. The monoisotopic (exact) mass is 354 g/mol. The fraction of sp³-hybridized carbons (Fsp3) is 0.222. The molecule has 0 aliphatic rings. The highest BCUT2D eigenvalue weighted by Gasteiger charge is 2.23. The number of methoxy groups -OCH3 is 1. The van der Waals surface area contributed by atoms with Crippen LogP contribution in [0, 0.1) is 13.8 Å². The van der Waals surface area contributed by atoms with Crippen LogP contribution in [0.2, 0.25) is 0 Å². The highest BCUT2D eigenvalue weighted by atomic mass is 16.5. The third kappa shape index (κ3) is 3.21. The van der Waals surface area contributed by atoms with E-state index in [1.165, 1.54) is 11.8 Å². The zero-order valence-corrected chi connectivity index (χ0v) is 14.9. The molecule has 2 aromatic heterocycles. The Hall–Kier alpha value is -3.42. The van der Waals surface area contributed by atoms with Crippen molar-refractivity contribution in [1.29, 1.82) is 0 Å². The molecule has 2 heterocycles. The molecule has 0 bridgehead atoms. The minimum Gasteiger partial charge on any atom is -0.464 e. The number of esters is 1. The van der Waals surface area contributed by atoms with Crippen molar-refractivity contribution in [2.75, 3.05) is 12.4 Å². The third-order valence-electron chi connectivity index (χ3n) is 4.03. The van der Waals surface area contributed by atoms with Crippen molar-refractivity contribution in [3.8, 4) is 11.3 Å². The molecule has 0 saturated carbocycles. The van der Waals surface area contributed by atoms with Crippen molar-refractivity contribution in [2.24, 2.45) is 7.05 Å². The quantitative estimate of drug-likeness (QED) is 0.723. The molecule has 0 aliphatic heterocycles. The van der Waals surface area contributed by atoms with Gasteiger partial charge in [0.2, 0.25) is 0 Å². The predicted molar refractivity (Wildman–Crippen MR) is 93.9 cm³/mol. The minimum atomic E-state index is -0.635. The number of ether oxygens (including phenoxy) is 1. The summed E-state index contributed by atoms with van der Waals surface area (Å²) in [5.74, 6) is -0.663. The summed E-state index contributed by atoms with van der Waals surface area (Å²) in [6, 6.07) is 9.21. The van der Waals surface area contributed by atoms with Crippen LogP contribution in [0.3, 0.4) is 0 Å². The van der Waals surface area contributed by atoms with Gasteiger partial charge in [0.1, 0.15) is 0 Å². The van der Waals surface area contributed by atoms with Crippen LogP contribution in [-0.4, -0.2) is 33.9 Å². The number of anilines is 1. The van der Waals surface area contributed by atoms with Gasteiger partial charge in [0, 0.05) is 18.7 Å². The van der Waals surface area contributed by atoms with Crippen LogP contribution in [0.1, 0.15) is 32.2 Å². The van der Waals surface area contributed by atoms with Gasteiger partial charge in [-0.05, 0) is 13.8 Å². The largest absolute Gasteiger partial charge is 0.464 e. The number of nitrogens with one attached hydrogen (secondary N) is 1. The Bertz CT molecular complexity index is 970. The van der Waals surface area contributed by atoms with Crippen LogP contribution in [0.15, 0.2) is 34.9 Å². The number of benzene rings is 1. The molecule has 0 spiro atoms. The lowest BCUT2D eigenvalue weighted by atomic mass is 10.1. The lowest BCUT2D eigenvalue weighted by Crippen LogP contribution is -2.15. The highest BCUT2D eigenvalue weighted by molar-refractivity contribution is 6.07. The summed E-state index contributed by atoms with van der Waals surface area (Å²) in [6.45, 7) is 3.72. The average Bonchev–Trinajstić information content (AvgIpc) is 3.23. The highest BCUT2D eigenvalue weighted by Crippen LogP contribution is 2.23. The lowest BCUT2D eigenvalue weighted by molar-refractivity contribution is 0.0594. The van der Waals surface area contributed by atoms with E-state index in [0.717, 1.165) is 11.1 Å². The first-order valence-corrected chi connectivity index (χ1v) is 7.87. The Morgan fingerprint density at radius 3 is 2.54 bits per heavy atom. The van der Waals surface area contributed by atoms with E-state index in [4.69, 9.17) is 9.26 Å². The van der Waals surface area contributed by atoms with Gasteiger partial charge in [0.05, 0.1) is 18.5 Å². The van der Waals surface area contributed by atoms with Gasteiger partial charge in [0.15, 0.2) is 17.1 Å². The van der Waals surface area contributed by atoms with Crippen molar-refractivity contribution in [3.63, 3.8) is 0 Å². The van der Waals surface area contributed by atoms with E-state index in [-0.39, 0.29) is 17.1 Å². The van der Waals surface area contributed by atoms with Crippen LogP contribution in [0.25, 0.3) is 11.3 Å². The number of carbonyl (C=O) groups is 2. The maximum atomic E-state index is 12.5. The zero-order valence-electron chi connectivity index (χ0n) is 14.9. The molecule has 8 nitrogen and oxygen atoms in total. The summed E-state index contributed by atoms with van der Waals surface area (Å²) < 4.78 is 11.5. The van der Waals surface area contributed by atoms with E-state index in [2.05, 4.69) is 15.6 Å². The number of nitrogens with zero attached hydrogens (tertiary/aromatic N) is 3. The molecule has 0 saturated heterocycles. The number of hydrogen-bond donors (Lipinski definition) is 1. The van der Waals surface area contributed by atoms with Gasteiger partial charge in [-0.3, -0.25) is 9.48 Å². The average molecular weight is 354 g/mol. The van der Waals surface area contributed by atoms with Crippen LogP contribution in [-0.2, 0) is 11.8 Å². The standard InChI is InChI=1S/C18H18N4O4/c1-10-5-7-12(8-6-10)14-9-13(21-26-14)17(23)19-15-11(2)22(3)20-16(15)18(24)25-4/h5-9H,1-4H3,(H,19,23). The fourth-order valence-electron chi connectivity index (χ4n) is 2.41. The van der Waals surface area contributed by atoms with Crippen LogP contribution < -0.4 is 5.32 Å². The summed E-state index contributed by atoms with van der Waals surface area (Å²) in [5.41, 5.74) is 2.96. The molecular formula is C18H18N4O4. The molecule has 8 heteroatoms. The van der Waals surface area contributed by atoms with Crippen molar-refractivity contribution in [3.05, 3.63) is 53.0 Å². The normalized spacial score (nSPS) is 10.6. The fourth-order valence-corrected chi connectivity index (χ4v) is 2.41. The van der Waals surface area contributed by atoms with E-state index in [0.29, 0.717) is 11.5 Å². The Labute approximate surface area is 149 Å². The predicted octanol–water partition coefficient (Wildman–Crippen LogP) is 2.73. The first-order valence-electron chi connectivity index (χ1n) is 7.87. The zero-order chi connectivity index (χ0) is 18.8. The van der Waals surface area contributed by atoms with Crippen molar-refractivity contribution >= 4 is 17.6 Å². The summed E-state index contributed by atoms with van der Waals surface area (Å²) in [6.07, 6.45) is 0. The molecule has 0 unspecified atom stereocenters. The Balaban J connectivity index is 1.86. The van der Waals surface area contributed by atoms with Gasteiger partial charge >= 0.3 is 5.97 Å². The van der Waals surface area contributed by atoms with Gasteiger partial charge < -0.3 is 14.6 Å². The Morgan fingerprint density at radius 1 is 1.19 bits per heavy atom. The first kappa shape index (κ1) is 17.4. The van der Waals surface area contributed by atoms with E-state index >= 15 is 0 Å². The van der Waals surface area contributed by atoms with Gasteiger partial charge in [0.25, 0.3) is 5.91 Å². The second-order valence-corrected chi connectivity index (χ2v) is 5.82. The Morgan fingerprint density at radius 2 is 1.88 bits per heavy atom. The third-order valence-corrected chi connectivity index (χ3v) is 4.03. The second kappa shape index (κ2) is 6.83. The smallest absolute Gasteiger partial charge is 0.360 e. The molecule has 3 aromatic rings. The van der Waals surface area contributed by atoms with E-state index in [9.17, 15) is 9.59 Å². The number of aromatic nitrogens is 3. The molecule has 0 fully saturated rings. The lowest BCUT2D eigenvalue weighted by Gasteiger charge is -2.04. The maximum absolute atomic E-state index is 12.5. The number of amides is 1. The molecule has 1 aromatic carbocycles. The molecule has 0 aliphatic carbocycles. The molecule has 0 atom stereocenters. The van der Waals surface area contributed by atoms with Crippen molar-refractivity contribution < 1.29 is 18.8 Å². The number of rotatable bonds is 4. The molecular weight excluding hydrogens is 336 g/mol. The molecule has 26 heavy (non-hydrogen) atoms. The van der Waals surface area contributed by atoms with Crippen LogP contribution in [0.5, 0.6) is 0 Å². The summed E-state index contributed by atoms with van der Waals surface area (Å²) in [7, 11) is 2.92. The van der Waals surface area contributed by atoms with Crippen LogP contribution >= 0.6 is 0 Å². The summed E-state index contributed by atoms with van der Waals surface area (Å²) in [4.78, 5) is 24.4. The number of carbonyl (C=O) groups excluding carboxylic acids is 2. The molecule has 1 amide bonds. The van der Waals surface area contributed by atoms with E-state index < -0.39 is 11.9 Å². The van der Waals surface area contributed by atoms with Crippen molar-refractivity contribution in [2.45, 2.75) is 13.8 Å². The maximum Gasteiger partial charge on any atom is 0.360 e. The minimum absolute atomic E-state index is 0.0307. The SMILES string of the molecule is COC(=O)c1nn(C)c(C)c1NC(=O)c1cc(-c2ccc(C)cc2)on1. The molecule has 1 N–H and O–H groups in total. The molecule has 0 radical (unpaired) electrons. The molecule has 134 valence electrons. The van der Waals surface area contributed by atoms with Gasteiger partial charge in [-0.15, -0.1) is 0 Å². The number of aryl methyl sites for hydroxylation is 2. The molecule has 3 rings (SSSR count). The van der Waals surface area contributed by atoms with Gasteiger partial charge in [-0.2, -0.15) is 5.10 Å². The van der Waals surface area contributed by atoms with E-state index in [1.54, 1.807) is 20.0 Å². The van der Waals surface area contributed by atoms with Gasteiger partial charge in [-0.25, -0.2) is 4.79 Å². The summed E-state index contributed by atoms with van der Waals surface area (Å²) in [5, 5.41) is 10.5. The van der Waals surface area contributed by atoms with Gasteiger partial charge in [-0.1, -0.05) is 35.0 Å².